The number of rotatable bonds is 6. The van der Waals surface area contributed by atoms with Gasteiger partial charge in [0.25, 0.3) is 5.69 Å². The Morgan fingerprint density at radius 3 is 2.54 bits per heavy atom. The highest BCUT2D eigenvalue weighted by atomic mass is 16.6. The Morgan fingerprint density at radius 2 is 1.96 bits per heavy atom. The predicted molar refractivity (Wildman–Crippen MR) is 100 cm³/mol. The number of carboxylic acids is 1. The Kier molecular flexibility index (Phi) is 6.07. The van der Waals surface area contributed by atoms with Crippen LogP contribution in [0, 0.1) is 17.0 Å². The minimum atomic E-state index is -1.25. The van der Waals surface area contributed by atoms with E-state index in [1.165, 1.54) is 12.1 Å². The van der Waals surface area contributed by atoms with Crippen LogP contribution in [0.15, 0.2) is 34.7 Å². The third kappa shape index (κ3) is 5.57. The number of non-ortho nitro benzene ring substituents is 1. The molecule has 0 saturated carbocycles. The SMILES string of the molecule is Cc1ccc([N+](=O)[O-])cc1-c1ccc(CC(NC(=O)OC(C)(C)C)C(=O)O)o1. The van der Waals surface area contributed by atoms with Crippen molar-refractivity contribution in [3.8, 4) is 11.3 Å². The fraction of sp³-hybridized carbons (Fsp3) is 0.368. The predicted octanol–water partition coefficient (Wildman–Crippen LogP) is 3.68. The fourth-order valence-corrected chi connectivity index (χ4v) is 2.47. The Bertz CT molecular complexity index is 896. The van der Waals surface area contributed by atoms with Gasteiger partial charge in [-0.1, -0.05) is 6.07 Å². The number of hydrogen-bond acceptors (Lipinski definition) is 6. The highest BCUT2D eigenvalue weighted by Gasteiger charge is 2.25. The second-order valence-electron chi connectivity index (χ2n) is 7.26. The summed E-state index contributed by atoms with van der Waals surface area (Å²) in [6.45, 7) is 6.79. The molecule has 1 unspecified atom stereocenters. The normalized spacial score (nSPS) is 12.3. The molecule has 0 aliphatic heterocycles. The number of nitrogens with one attached hydrogen (secondary N) is 1. The van der Waals surface area contributed by atoms with Crippen molar-refractivity contribution in [1.29, 1.82) is 0 Å². The van der Waals surface area contributed by atoms with Gasteiger partial charge >= 0.3 is 12.1 Å². The molecule has 0 aliphatic rings. The van der Waals surface area contributed by atoms with Crippen molar-refractivity contribution in [2.24, 2.45) is 0 Å². The minimum absolute atomic E-state index is 0.0754. The lowest BCUT2D eigenvalue weighted by atomic mass is 10.1. The smallest absolute Gasteiger partial charge is 0.408 e. The van der Waals surface area contributed by atoms with Crippen molar-refractivity contribution >= 4 is 17.7 Å². The zero-order valence-electron chi connectivity index (χ0n) is 16.0. The van der Waals surface area contributed by atoms with Crippen LogP contribution in [0.2, 0.25) is 0 Å². The van der Waals surface area contributed by atoms with Crippen LogP contribution in [0.3, 0.4) is 0 Å². The number of ether oxygens (including phenoxy) is 1. The van der Waals surface area contributed by atoms with E-state index < -0.39 is 28.6 Å². The maximum Gasteiger partial charge on any atom is 0.408 e. The molecule has 0 saturated heterocycles. The zero-order valence-corrected chi connectivity index (χ0v) is 16.0. The van der Waals surface area contributed by atoms with Gasteiger partial charge in [-0.05, 0) is 45.4 Å². The first-order valence-corrected chi connectivity index (χ1v) is 8.52. The topological polar surface area (TPSA) is 132 Å². The van der Waals surface area contributed by atoms with E-state index in [1.807, 2.05) is 0 Å². The van der Waals surface area contributed by atoms with E-state index >= 15 is 0 Å². The quantitative estimate of drug-likeness (QED) is 0.568. The molecule has 2 N–H and O–H groups in total. The number of carbonyl (C=O) groups excluding carboxylic acids is 1. The largest absolute Gasteiger partial charge is 0.480 e. The van der Waals surface area contributed by atoms with Gasteiger partial charge in [0.1, 0.15) is 23.2 Å². The van der Waals surface area contributed by atoms with Gasteiger partial charge in [0.2, 0.25) is 0 Å². The second kappa shape index (κ2) is 8.12. The van der Waals surface area contributed by atoms with Gasteiger partial charge in [0.05, 0.1) is 4.92 Å². The summed E-state index contributed by atoms with van der Waals surface area (Å²) < 4.78 is 10.7. The number of carboxylic acid groups (broad SMARTS) is 1. The van der Waals surface area contributed by atoms with Gasteiger partial charge in [0.15, 0.2) is 0 Å². The molecule has 1 aromatic heterocycles. The number of nitro benzene ring substituents is 1. The molecule has 28 heavy (non-hydrogen) atoms. The van der Waals surface area contributed by atoms with Gasteiger partial charge < -0.3 is 19.6 Å². The van der Waals surface area contributed by atoms with Gasteiger partial charge in [0, 0.05) is 24.1 Å². The maximum absolute atomic E-state index is 11.8. The summed E-state index contributed by atoms with van der Waals surface area (Å²) in [6.07, 6.45) is -0.955. The van der Waals surface area contributed by atoms with E-state index in [0.29, 0.717) is 17.1 Å². The van der Waals surface area contributed by atoms with E-state index in [1.54, 1.807) is 45.9 Å². The highest BCUT2D eigenvalue weighted by molar-refractivity contribution is 5.80. The van der Waals surface area contributed by atoms with Crippen LogP contribution in [0.5, 0.6) is 0 Å². The van der Waals surface area contributed by atoms with E-state index in [2.05, 4.69) is 5.32 Å². The number of amides is 1. The molecule has 2 aromatic rings. The van der Waals surface area contributed by atoms with E-state index in [-0.39, 0.29) is 12.1 Å². The third-order valence-corrected chi connectivity index (χ3v) is 3.75. The number of aliphatic carboxylic acids is 1. The molecule has 0 fully saturated rings. The van der Waals surface area contributed by atoms with Crippen LogP contribution in [-0.2, 0) is 16.0 Å². The van der Waals surface area contributed by atoms with Crippen molar-refractivity contribution in [2.45, 2.75) is 45.8 Å². The van der Waals surface area contributed by atoms with E-state index in [0.717, 1.165) is 5.56 Å². The minimum Gasteiger partial charge on any atom is -0.480 e. The second-order valence-corrected chi connectivity index (χ2v) is 7.26. The molecule has 1 atom stereocenters. The molecule has 0 bridgehead atoms. The lowest BCUT2D eigenvalue weighted by Gasteiger charge is -2.21. The summed E-state index contributed by atoms with van der Waals surface area (Å²) in [6, 6.07) is 6.33. The number of aryl methyl sites for hydroxylation is 1. The number of nitrogens with zero attached hydrogens (tertiary/aromatic N) is 1. The number of nitro groups is 1. The van der Waals surface area contributed by atoms with Crippen LogP contribution in [0.1, 0.15) is 32.1 Å². The Labute approximate surface area is 161 Å². The van der Waals surface area contributed by atoms with Gasteiger partial charge in [-0.3, -0.25) is 10.1 Å². The number of benzene rings is 1. The Hall–Kier alpha value is -3.36. The molecule has 0 spiro atoms. The summed E-state index contributed by atoms with van der Waals surface area (Å²) in [5, 5.41) is 22.6. The molecule has 0 aliphatic carbocycles. The van der Waals surface area contributed by atoms with Crippen molar-refractivity contribution in [3.63, 3.8) is 0 Å². The molecular weight excluding hydrogens is 368 g/mol. The Morgan fingerprint density at radius 1 is 1.29 bits per heavy atom. The first kappa shape index (κ1) is 20.9. The molecule has 150 valence electrons. The zero-order chi connectivity index (χ0) is 21.1. The van der Waals surface area contributed by atoms with E-state index in [9.17, 15) is 24.8 Å². The number of furan rings is 1. The summed E-state index contributed by atoms with van der Waals surface area (Å²) in [5.74, 6) is -0.558. The summed E-state index contributed by atoms with van der Waals surface area (Å²) in [4.78, 5) is 33.8. The molecule has 1 heterocycles. The van der Waals surface area contributed by atoms with Gasteiger partial charge in [-0.2, -0.15) is 0 Å². The lowest BCUT2D eigenvalue weighted by Crippen LogP contribution is -2.44. The third-order valence-electron chi connectivity index (χ3n) is 3.75. The highest BCUT2D eigenvalue weighted by Crippen LogP contribution is 2.29. The summed E-state index contributed by atoms with van der Waals surface area (Å²) in [7, 11) is 0. The Balaban J connectivity index is 2.18. The average molecular weight is 390 g/mol. The number of carbonyl (C=O) groups is 2. The number of hydrogen-bond donors (Lipinski definition) is 2. The molecule has 2 rings (SSSR count). The molecule has 9 heteroatoms. The molecule has 1 amide bonds. The lowest BCUT2D eigenvalue weighted by molar-refractivity contribution is -0.384. The van der Waals surface area contributed by atoms with Crippen LogP contribution >= 0.6 is 0 Å². The van der Waals surface area contributed by atoms with Crippen molar-refractivity contribution in [2.75, 3.05) is 0 Å². The summed E-state index contributed by atoms with van der Waals surface area (Å²) in [5.41, 5.74) is 0.471. The first-order chi connectivity index (χ1) is 13.0. The molecule has 1 aromatic carbocycles. The number of alkyl carbamates (subject to hydrolysis) is 1. The van der Waals surface area contributed by atoms with Gasteiger partial charge in [-0.25, -0.2) is 9.59 Å². The maximum atomic E-state index is 11.8. The van der Waals surface area contributed by atoms with E-state index in [4.69, 9.17) is 9.15 Å². The standard InChI is InChI=1S/C19H22N2O7/c1-11-5-6-12(21(25)26)9-14(11)16-8-7-13(27-16)10-15(17(22)23)20-18(24)28-19(2,3)4/h5-9,15H,10H2,1-4H3,(H,20,24)(H,22,23). The monoisotopic (exact) mass is 390 g/mol. The fourth-order valence-electron chi connectivity index (χ4n) is 2.47. The van der Waals surface area contributed by atoms with Crippen molar-refractivity contribution in [3.05, 3.63) is 51.8 Å². The van der Waals surface area contributed by atoms with Crippen molar-refractivity contribution < 1.29 is 28.8 Å². The molecule has 0 radical (unpaired) electrons. The van der Waals surface area contributed by atoms with Crippen LogP contribution in [-0.4, -0.2) is 33.7 Å². The van der Waals surface area contributed by atoms with Crippen molar-refractivity contribution in [1.82, 2.24) is 5.32 Å². The first-order valence-electron chi connectivity index (χ1n) is 8.52. The van der Waals surface area contributed by atoms with Crippen LogP contribution < -0.4 is 5.32 Å². The van der Waals surface area contributed by atoms with Crippen LogP contribution in [0.25, 0.3) is 11.3 Å². The summed E-state index contributed by atoms with van der Waals surface area (Å²) >= 11 is 0. The van der Waals surface area contributed by atoms with Gasteiger partial charge in [-0.15, -0.1) is 0 Å². The van der Waals surface area contributed by atoms with Crippen LogP contribution in [0.4, 0.5) is 10.5 Å². The molecule has 9 nitrogen and oxygen atoms in total. The average Bonchev–Trinajstić information content (AvgIpc) is 3.00. The molecular formula is C19H22N2O7.